The van der Waals surface area contributed by atoms with Gasteiger partial charge in [0.1, 0.15) is 5.75 Å². The van der Waals surface area contributed by atoms with Crippen molar-refractivity contribution in [2.75, 3.05) is 20.2 Å². The van der Waals surface area contributed by atoms with Crippen LogP contribution in [0.2, 0.25) is 0 Å². The zero-order valence-corrected chi connectivity index (χ0v) is 12.9. The van der Waals surface area contributed by atoms with Gasteiger partial charge in [0.2, 0.25) is 0 Å². The SMILES string of the molecule is COc1ccc(-c2ocnc2C(=O)N2CC(O)C3(CC3)C2)cc1. The number of hydrogen-bond acceptors (Lipinski definition) is 5. The summed E-state index contributed by atoms with van der Waals surface area (Å²) >= 11 is 0. The summed E-state index contributed by atoms with van der Waals surface area (Å²) in [6.07, 6.45) is 2.83. The van der Waals surface area contributed by atoms with E-state index in [1.165, 1.54) is 6.39 Å². The Morgan fingerprint density at radius 1 is 1.39 bits per heavy atom. The van der Waals surface area contributed by atoms with Crippen molar-refractivity contribution in [1.29, 1.82) is 0 Å². The maximum absolute atomic E-state index is 12.8. The van der Waals surface area contributed by atoms with E-state index in [-0.39, 0.29) is 11.3 Å². The summed E-state index contributed by atoms with van der Waals surface area (Å²) in [6.45, 7) is 0.968. The molecule has 0 bridgehead atoms. The number of rotatable bonds is 3. The third-order valence-corrected chi connectivity index (χ3v) is 4.91. The predicted molar refractivity (Wildman–Crippen MR) is 82.1 cm³/mol. The molecule has 4 rings (SSSR count). The highest BCUT2D eigenvalue weighted by Crippen LogP contribution is 2.53. The van der Waals surface area contributed by atoms with Crippen molar-refractivity contribution in [3.63, 3.8) is 0 Å². The number of carbonyl (C=O) groups excluding carboxylic acids is 1. The fourth-order valence-corrected chi connectivity index (χ4v) is 3.25. The number of aliphatic hydroxyl groups excluding tert-OH is 1. The van der Waals surface area contributed by atoms with E-state index in [1.807, 2.05) is 24.3 Å². The summed E-state index contributed by atoms with van der Waals surface area (Å²) in [5.74, 6) is 0.996. The van der Waals surface area contributed by atoms with Gasteiger partial charge < -0.3 is 19.2 Å². The smallest absolute Gasteiger partial charge is 0.276 e. The summed E-state index contributed by atoms with van der Waals surface area (Å²) in [6, 6.07) is 7.28. The molecule has 2 heterocycles. The molecule has 1 aliphatic heterocycles. The first-order chi connectivity index (χ1) is 11.1. The third kappa shape index (κ3) is 2.30. The van der Waals surface area contributed by atoms with Crippen LogP contribution in [0, 0.1) is 5.41 Å². The van der Waals surface area contributed by atoms with Gasteiger partial charge in [-0.2, -0.15) is 0 Å². The molecule has 6 heteroatoms. The molecule has 1 saturated carbocycles. The molecular formula is C17H18N2O4. The summed E-state index contributed by atoms with van der Waals surface area (Å²) in [7, 11) is 1.60. The highest BCUT2D eigenvalue weighted by atomic mass is 16.5. The second-order valence-electron chi connectivity index (χ2n) is 6.32. The van der Waals surface area contributed by atoms with Gasteiger partial charge in [-0.1, -0.05) is 0 Å². The van der Waals surface area contributed by atoms with E-state index in [2.05, 4.69) is 4.98 Å². The minimum Gasteiger partial charge on any atom is -0.497 e. The Bertz CT molecular complexity index is 733. The average Bonchev–Trinajstić information content (AvgIpc) is 3.06. The molecule has 1 aromatic carbocycles. The molecule has 1 saturated heterocycles. The third-order valence-electron chi connectivity index (χ3n) is 4.91. The fraction of sp³-hybridized carbons (Fsp3) is 0.412. The van der Waals surface area contributed by atoms with Crippen LogP contribution in [0.1, 0.15) is 23.3 Å². The van der Waals surface area contributed by atoms with Crippen molar-refractivity contribution in [3.05, 3.63) is 36.4 Å². The van der Waals surface area contributed by atoms with Crippen LogP contribution in [0.3, 0.4) is 0 Å². The lowest BCUT2D eigenvalue weighted by Crippen LogP contribution is -2.30. The van der Waals surface area contributed by atoms with Crippen molar-refractivity contribution < 1.29 is 19.1 Å². The quantitative estimate of drug-likeness (QED) is 0.937. The number of methoxy groups -OCH3 is 1. The summed E-state index contributed by atoms with van der Waals surface area (Å²) in [5.41, 5.74) is 0.993. The molecule has 6 nitrogen and oxygen atoms in total. The van der Waals surface area contributed by atoms with Gasteiger partial charge in [0.15, 0.2) is 17.8 Å². The van der Waals surface area contributed by atoms with Gasteiger partial charge in [0, 0.05) is 24.1 Å². The highest BCUT2D eigenvalue weighted by Gasteiger charge is 2.55. The Hall–Kier alpha value is -2.34. The lowest BCUT2D eigenvalue weighted by Gasteiger charge is -2.14. The zero-order chi connectivity index (χ0) is 16.0. The second-order valence-corrected chi connectivity index (χ2v) is 6.32. The van der Waals surface area contributed by atoms with Crippen molar-refractivity contribution >= 4 is 5.91 Å². The number of amides is 1. The number of β-amino-alcohol motifs (C(OH)–C–C–N with tert-alkyl or cyclic N) is 1. The van der Waals surface area contributed by atoms with Gasteiger partial charge in [-0.3, -0.25) is 4.79 Å². The van der Waals surface area contributed by atoms with E-state index < -0.39 is 6.10 Å². The van der Waals surface area contributed by atoms with E-state index in [0.717, 1.165) is 24.2 Å². The normalized spacial score (nSPS) is 21.7. The van der Waals surface area contributed by atoms with E-state index in [0.29, 0.717) is 24.5 Å². The number of likely N-dealkylation sites (tertiary alicyclic amines) is 1. The predicted octanol–water partition coefficient (Wildman–Crippen LogP) is 1.95. The molecule has 1 aromatic heterocycles. The van der Waals surface area contributed by atoms with Gasteiger partial charge in [0.05, 0.1) is 13.2 Å². The first-order valence-corrected chi connectivity index (χ1v) is 7.68. The lowest BCUT2D eigenvalue weighted by atomic mass is 10.0. The minimum absolute atomic E-state index is 0.0698. The first-order valence-electron chi connectivity index (χ1n) is 7.68. The van der Waals surface area contributed by atoms with E-state index in [1.54, 1.807) is 12.0 Å². The van der Waals surface area contributed by atoms with Crippen molar-refractivity contribution in [1.82, 2.24) is 9.88 Å². The number of aromatic nitrogens is 1. The topological polar surface area (TPSA) is 75.8 Å². The van der Waals surface area contributed by atoms with E-state index >= 15 is 0 Å². The lowest BCUT2D eigenvalue weighted by molar-refractivity contribution is 0.0759. The van der Waals surface area contributed by atoms with Crippen LogP contribution in [0.15, 0.2) is 35.1 Å². The minimum atomic E-state index is -0.428. The number of ether oxygens (including phenoxy) is 1. The number of nitrogens with zero attached hydrogens (tertiary/aromatic N) is 2. The summed E-state index contributed by atoms with van der Waals surface area (Å²) < 4.78 is 10.6. The molecule has 1 spiro atoms. The number of hydrogen-bond donors (Lipinski definition) is 1. The molecule has 23 heavy (non-hydrogen) atoms. The van der Waals surface area contributed by atoms with Crippen molar-refractivity contribution in [2.45, 2.75) is 18.9 Å². The Morgan fingerprint density at radius 2 is 2.13 bits per heavy atom. The monoisotopic (exact) mass is 314 g/mol. The van der Waals surface area contributed by atoms with Crippen molar-refractivity contribution in [2.24, 2.45) is 5.41 Å². The van der Waals surface area contributed by atoms with Crippen LogP contribution in [0.4, 0.5) is 0 Å². The van der Waals surface area contributed by atoms with Crippen LogP contribution >= 0.6 is 0 Å². The molecule has 1 unspecified atom stereocenters. The number of oxazole rings is 1. The number of aliphatic hydroxyl groups is 1. The maximum atomic E-state index is 12.8. The summed E-state index contributed by atoms with van der Waals surface area (Å²) in [5, 5.41) is 10.1. The first kappa shape index (κ1) is 14.3. The van der Waals surface area contributed by atoms with Gasteiger partial charge in [-0.15, -0.1) is 0 Å². The van der Waals surface area contributed by atoms with Gasteiger partial charge in [-0.25, -0.2) is 4.98 Å². The Labute approximate surface area is 133 Å². The Kier molecular flexibility index (Phi) is 3.16. The molecule has 0 radical (unpaired) electrons. The van der Waals surface area contributed by atoms with Crippen LogP contribution < -0.4 is 4.74 Å². The van der Waals surface area contributed by atoms with Crippen LogP contribution in [0.25, 0.3) is 11.3 Å². The molecular weight excluding hydrogens is 296 g/mol. The zero-order valence-electron chi connectivity index (χ0n) is 12.9. The molecule has 120 valence electrons. The number of carbonyl (C=O) groups is 1. The average molecular weight is 314 g/mol. The van der Waals surface area contributed by atoms with Gasteiger partial charge in [-0.05, 0) is 37.1 Å². The van der Waals surface area contributed by atoms with E-state index in [9.17, 15) is 9.90 Å². The van der Waals surface area contributed by atoms with E-state index in [4.69, 9.17) is 9.15 Å². The molecule has 1 aliphatic carbocycles. The van der Waals surface area contributed by atoms with Crippen LogP contribution in [-0.4, -0.2) is 47.2 Å². The molecule has 2 aromatic rings. The number of benzene rings is 1. The highest BCUT2D eigenvalue weighted by molar-refractivity contribution is 5.97. The second kappa shape index (κ2) is 5.09. The van der Waals surface area contributed by atoms with Crippen LogP contribution in [0.5, 0.6) is 5.75 Å². The molecule has 1 amide bonds. The Morgan fingerprint density at radius 3 is 2.74 bits per heavy atom. The standard InChI is InChI=1S/C17H18N2O4/c1-22-12-4-2-11(3-5-12)15-14(18-10-23-15)16(21)19-8-13(20)17(9-19)6-7-17/h2-5,10,13,20H,6-9H2,1H3. The van der Waals surface area contributed by atoms with Gasteiger partial charge in [0.25, 0.3) is 5.91 Å². The maximum Gasteiger partial charge on any atom is 0.276 e. The van der Waals surface area contributed by atoms with Gasteiger partial charge >= 0.3 is 0 Å². The Balaban J connectivity index is 1.60. The largest absolute Gasteiger partial charge is 0.497 e. The molecule has 1 atom stereocenters. The molecule has 2 aliphatic rings. The summed E-state index contributed by atoms with van der Waals surface area (Å²) in [4.78, 5) is 18.5. The fourth-order valence-electron chi connectivity index (χ4n) is 3.25. The van der Waals surface area contributed by atoms with Crippen LogP contribution in [-0.2, 0) is 0 Å². The van der Waals surface area contributed by atoms with Crippen molar-refractivity contribution in [3.8, 4) is 17.1 Å². The molecule has 1 N–H and O–H groups in total. The molecule has 2 fully saturated rings.